The highest BCUT2D eigenvalue weighted by atomic mass is 32.2. The molecule has 0 aliphatic heterocycles. The van der Waals surface area contributed by atoms with Crippen LogP contribution in [0.2, 0.25) is 0 Å². The Balaban J connectivity index is 1.52. The minimum atomic E-state index is 0.000245. The van der Waals surface area contributed by atoms with Gasteiger partial charge in [0.05, 0.1) is 11.4 Å². The number of imidazole rings is 1. The van der Waals surface area contributed by atoms with Crippen molar-refractivity contribution >= 4 is 17.7 Å². The predicted molar refractivity (Wildman–Crippen MR) is 100.0 cm³/mol. The first-order chi connectivity index (χ1) is 12.2. The van der Waals surface area contributed by atoms with Gasteiger partial charge in [-0.1, -0.05) is 36.0 Å². The molecule has 6 heteroatoms. The van der Waals surface area contributed by atoms with Gasteiger partial charge in [-0.25, -0.2) is 4.98 Å². The molecule has 2 aromatic heterocycles. The van der Waals surface area contributed by atoms with Crippen molar-refractivity contribution in [1.82, 2.24) is 19.9 Å². The van der Waals surface area contributed by atoms with Gasteiger partial charge in [0.25, 0.3) is 0 Å². The van der Waals surface area contributed by atoms with Crippen LogP contribution in [0, 0.1) is 6.92 Å². The largest absolute Gasteiger partial charge is 0.355 e. The van der Waals surface area contributed by atoms with Gasteiger partial charge < -0.3 is 5.32 Å². The van der Waals surface area contributed by atoms with Crippen LogP contribution in [0.5, 0.6) is 0 Å². The van der Waals surface area contributed by atoms with Crippen LogP contribution in [0.3, 0.4) is 0 Å². The molecule has 128 valence electrons. The first kappa shape index (κ1) is 17.2. The van der Waals surface area contributed by atoms with Crippen LogP contribution in [0.1, 0.15) is 11.3 Å². The van der Waals surface area contributed by atoms with Gasteiger partial charge in [0.15, 0.2) is 5.16 Å². The van der Waals surface area contributed by atoms with Crippen molar-refractivity contribution in [3.05, 3.63) is 72.3 Å². The van der Waals surface area contributed by atoms with Crippen molar-refractivity contribution in [3.8, 4) is 5.69 Å². The third kappa shape index (κ3) is 4.70. The van der Waals surface area contributed by atoms with Gasteiger partial charge in [-0.15, -0.1) is 0 Å². The lowest BCUT2D eigenvalue weighted by molar-refractivity contribution is -0.118. The van der Waals surface area contributed by atoms with Crippen LogP contribution in [-0.2, 0) is 11.2 Å². The Labute approximate surface area is 151 Å². The Bertz CT molecular complexity index is 832. The van der Waals surface area contributed by atoms with Gasteiger partial charge >= 0.3 is 0 Å². The molecule has 1 amide bonds. The van der Waals surface area contributed by atoms with E-state index in [1.165, 1.54) is 17.3 Å². The average Bonchev–Trinajstić information content (AvgIpc) is 3.10. The summed E-state index contributed by atoms with van der Waals surface area (Å²) < 4.78 is 2.02. The van der Waals surface area contributed by atoms with E-state index in [9.17, 15) is 4.79 Å². The third-order valence-corrected chi connectivity index (χ3v) is 4.71. The summed E-state index contributed by atoms with van der Waals surface area (Å²) in [5.41, 5.74) is 3.23. The van der Waals surface area contributed by atoms with Crippen molar-refractivity contribution in [2.24, 2.45) is 0 Å². The number of amides is 1. The maximum absolute atomic E-state index is 12.1. The molecular weight excluding hydrogens is 332 g/mol. The van der Waals surface area contributed by atoms with E-state index < -0.39 is 0 Å². The lowest BCUT2D eigenvalue weighted by Crippen LogP contribution is -2.27. The van der Waals surface area contributed by atoms with Crippen molar-refractivity contribution in [1.29, 1.82) is 0 Å². The summed E-state index contributed by atoms with van der Waals surface area (Å²) in [4.78, 5) is 20.7. The Hall–Kier alpha value is -2.60. The van der Waals surface area contributed by atoms with Crippen LogP contribution in [-0.4, -0.2) is 32.7 Å². The number of carbonyl (C=O) groups excluding carboxylic acids is 1. The topological polar surface area (TPSA) is 59.8 Å². The van der Waals surface area contributed by atoms with Crippen molar-refractivity contribution in [2.75, 3.05) is 12.3 Å². The zero-order chi connectivity index (χ0) is 17.5. The molecule has 0 saturated heterocycles. The fourth-order valence-corrected chi connectivity index (χ4v) is 3.27. The smallest absolute Gasteiger partial charge is 0.230 e. The number of aromatic nitrogens is 3. The van der Waals surface area contributed by atoms with E-state index >= 15 is 0 Å². The van der Waals surface area contributed by atoms with Gasteiger partial charge in [-0.2, -0.15) is 0 Å². The second-order valence-corrected chi connectivity index (χ2v) is 6.52. The number of thioether (sulfide) groups is 1. The summed E-state index contributed by atoms with van der Waals surface area (Å²) in [6.45, 7) is 2.65. The molecule has 0 radical (unpaired) electrons. The van der Waals surface area contributed by atoms with Crippen molar-refractivity contribution in [2.45, 2.75) is 18.5 Å². The van der Waals surface area contributed by atoms with Crippen LogP contribution >= 0.6 is 11.8 Å². The number of hydrogen-bond acceptors (Lipinski definition) is 4. The number of benzene rings is 1. The predicted octanol–water partition coefficient (Wildman–Crippen LogP) is 3.03. The molecule has 0 aliphatic rings. The van der Waals surface area contributed by atoms with E-state index in [2.05, 4.69) is 28.3 Å². The molecule has 0 unspecified atom stereocenters. The molecular formula is C19H20N4OS. The highest BCUT2D eigenvalue weighted by molar-refractivity contribution is 7.99. The lowest BCUT2D eigenvalue weighted by Gasteiger charge is -2.10. The molecule has 0 fully saturated rings. The SMILES string of the molecule is Cc1ccccc1-n1ccnc1SCC(=O)NCCc1ccccn1. The van der Waals surface area contributed by atoms with Gasteiger partial charge in [0.2, 0.25) is 5.91 Å². The minimum absolute atomic E-state index is 0.000245. The molecule has 3 aromatic rings. The third-order valence-electron chi connectivity index (χ3n) is 3.74. The number of aryl methyl sites for hydroxylation is 1. The number of rotatable bonds is 7. The number of para-hydroxylation sites is 1. The normalized spacial score (nSPS) is 10.6. The monoisotopic (exact) mass is 352 g/mol. The number of pyridine rings is 1. The van der Waals surface area contributed by atoms with Crippen molar-refractivity contribution in [3.63, 3.8) is 0 Å². The minimum Gasteiger partial charge on any atom is -0.355 e. The fraction of sp³-hybridized carbons (Fsp3) is 0.211. The second kappa shape index (κ2) is 8.48. The van der Waals surface area contributed by atoms with E-state index in [1.807, 2.05) is 47.2 Å². The Kier molecular flexibility index (Phi) is 5.85. The fourth-order valence-electron chi connectivity index (χ4n) is 2.47. The molecule has 5 nitrogen and oxygen atoms in total. The van der Waals surface area contributed by atoms with E-state index in [0.717, 1.165) is 23.0 Å². The van der Waals surface area contributed by atoms with E-state index in [4.69, 9.17) is 0 Å². The van der Waals surface area contributed by atoms with Gasteiger partial charge in [-0.3, -0.25) is 14.3 Å². The Morgan fingerprint density at radius 3 is 2.76 bits per heavy atom. The summed E-state index contributed by atoms with van der Waals surface area (Å²) in [6, 6.07) is 13.9. The van der Waals surface area contributed by atoms with E-state index in [1.54, 1.807) is 12.4 Å². The summed E-state index contributed by atoms with van der Waals surface area (Å²) in [5, 5.41) is 3.74. The van der Waals surface area contributed by atoms with Crippen LogP contribution < -0.4 is 5.32 Å². The van der Waals surface area contributed by atoms with Gasteiger partial charge in [0.1, 0.15) is 0 Å². The Morgan fingerprint density at radius 2 is 1.96 bits per heavy atom. The first-order valence-corrected chi connectivity index (χ1v) is 9.11. The van der Waals surface area contributed by atoms with Gasteiger partial charge in [-0.05, 0) is 30.7 Å². The number of hydrogen-bond donors (Lipinski definition) is 1. The number of nitrogens with zero attached hydrogens (tertiary/aromatic N) is 3. The molecule has 0 saturated carbocycles. The molecule has 0 aliphatic carbocycles. The summed E-state index contributed by atoms with van der Waals surface area (Å²) in [5.74, 6) is 0.339. The van der Waals surface area contributed by atoms with Crippen LogP contribution in [0.25, 0.3) is 5.69 Å². The molecule has 0 spiro atoms. The standard InChI is InChI=1S/C19H20N4OS/c1-15-6-2-3-8-17(15)23-13-12-22-19(23)25-14-18(24)21-11-9-16-7-4-5-10-20-16/h2-8,10,12-13H,9,11,14H2,1H3,(H,21,24). The summed E-state index contributed by atoms with van der Waals surface area (Å²) in [7, 11) is 0. The quantitative estimate of drug-likeness (QED) is 0.664. The Morgan fingerprint density at radius 1 is 1.12 bits per heavy atom. The molecule has 1 aromatic carbocycles. The zero-order valence-electron chi connectivity index (χ0n) is 14.1. The number of carbonyl (C=O) groups is 1. The van der Waals surface area contributed by atoms with Crippen molar-refractivity contribution < 1.29 is 4.79 Å². The van der Waals surface area contributed by atoms with E-state index in [-0.39, 0.29) is 5.91 Å². The first-order valence-electron chi connectivity index (χ1n) is 8.13. The lowest BCUT2D eigenvalue weighted by atomic mass is 10.2. The van der Waals surface area contributed by atoms with Gasteiger partial charge in [0, 0.05) is 37.3 Å². The molecule has 1 N–H and O–H groups in total. The molecule has 3 rings (SSSR count). The molecule has 25 heavy (non-hydrogen) atoms. The molecule has 2 heterocycles. The maximum atomic E-state index is 12.1. The van der Waals surface area contributed by atoms with E-state index in [0.29, 0.717) is 12.3 Å². The molecule has 0 bridgehead atoms. The summed E-state index contributed by atoms with van der Waals surface area (Å²) >= 11 is 1.44. The highest BCUT2D eigenvalue weighted by Gasteiger charge is 2.10. The zero-order valence-corrected chi connectivity index (χ0v) is 14.9. The summed E-state index contributed by atoms with van der Waals surface area (Å²) in [6.07, 6.45) is 6.17. The second-order valence-electron chi connectivity index (χ2n) is 5.58. The molecule has 0 atom stereocenters. The maximum Gasteiger partial charge on any atom is 0.230 e. The van der Waals surface area contributed by atoms with Crippen LogP contribution in [0.15, 0.2) is 66.2 Å². The van der Waals surface area contributed by atoms with Crippen LogP contribution in [0.4, 0.5) is 0 Å². The highest BCUT2D eigenvalue weighted by Crippen LogP contribution is 2.22. The number of nitrogens with one attached hydrogen (secondary N) is 1. The average molecular weight is 352 g/mol.